The highest BCUT2D eigenvalue weighted by Gasteiger charge is 2.14. The van der Waals surface area contributed by atoms with Gasteiger partial charge >= 0.3 is 0 Å². The zero-order valence-corrected chi connectivity index (χ0v) is 8.87. The fourth-order valence-electron chi connectivity index (χ4n) is 0.782. The van der Waals surface area contributed by atoms with Crippen molar-refractivity contribution in [2.24, 2.45) is 7.05 Å². The molecule has 0 aliphatic rings. The Labute approximate surface area is 83.0 Å². The van der Waals surface area contributed by atoms with E-state index in [0.717, 1.165) is 0 Å². The van der Waals surface area contributed by atoms with Gasteiger partial charge in [0.05, 0.1) is 11.9 Å². The summed E-state index contributed by atoms with van der Waals surface area (Å²) in [4.78, 5) is 20.4. The Morgan fingerprint density at radius 3 is 2.64 bits per heavy atom. The first kappa shape index (κ1) is 10.7. The fourth-order valence-corrected chi connectivity index (χ4v) is 0.782. The minimum absolute atomic E-state index is 0.333. The number of hydrogen-bond donors (Lipinski definition) is 1. The van der Waals surface area contributed by atoms with Crippen LogP contribution in [-0.4, -0.2) is 21.1 Å². The van der Waals surface area contributed by atoms with E-state index in [1.807, 2.05) is 20.8 Å². The maximum atomic E-state index is 11.4. The number of imidazole rings is 1. The maximum Gasteiger partial charge on any atom is 0.295 e. The van der Waals surface area contributed by atoms with E-state index in [0.29, 0.717) is 5.69 Å². The third-order valence-corrected chi connectivity index (χ3v) is 1.39. The summed E-state index contributed by atoms with van der Waals surface area (Å²) in [6, 6.07) is 0. The van der Waals surface area contributed by atoms with Gasteiger partial charge < -0.3 is 4.57 Å². The third-order valence-electron chi connectivity index (χ3n) is 1.39. The van der Waals surface area contributed by atoms with E-state index in [4.69, 9.17) is 4.84 Å². The Bertz CT molecular complexity index is 325. The SMILES string of the molecule is Cn1cnc(C(=O)NOC(C)(C)C)c1. The number of nitrogens with one attached hydrogen (secondary N) is 1. The van der Waals surface area contributed by atoms with E-state index >= 15 is 0 Å². The van der Waals surface area contributed by atoms with Crippen LogP contribution in [0, 0.1) is 0 Å². The minimum Gasteiger partial charge on any atom is -0.340 e. The molecule has 0 fully saturated rings. The van der Waals surface area contributed by atoms with Crippen LogP contribution in [0.25, 0.3) is 0 Å². The molecule has 0 saturated carbocycles. The first-order chi connectivity index (χ1) is 6.38. The summed E-state index contributed by atoms with van der Waals surface area (Å²) in [7, 11) is 1.80. The molecule has 5 heteroatoms. The number of aryl methyl sites for hydroxylation is 1. The molecule has 0 unspecified atom stereocenters. The molecule has 0 aliphatic carbocycles. The van der Waals surface area contributed by atoms with Gasteiger partial charge in [0.2, 0.25) is 0 Å². The van der Waals surface area contributed by atoms with Gasteiger partial charge in [0.1, 0.15) is 5.69 Å². The number of aromatic nitrogens is 2. The van der Waals surface area contributed by atoms with Gasteiger partial charge in [-0.3, -0.25) is 9.63 Å². The molecular formula is C9H15N3O2. The second-order valence-electron chi connectivity index (χ2n) is 4.07. The third kappa shape index (κ3) is 3.18. The Kier molecular flexibility index (Phi) is 2.90. The van der Waals surface area contributed by atoms with Crippen molar-refractivity contribution in [3.63, 3.8) is 0 Å². The Balaban J connectivity index is 2.52. The summed E-state index contributed by atoms with van der Waals surface area (Å²) in [5.41, 5.74) is 2.28. The van der Waals surface area contributed by atoms with E-state index in [1.165, 1.54) is 0 Å². The predicted octanol–water partition coefficient (Wildman–Crippen LogP) is 0.880. The molecule has 0 bridgehead atoms. The van der Waals surface area contributed by atoms with Gasteiger partial charge in [0, 0.05) is 13.2 Å². The Hall–Kier alpha value is -1.36. The van der Waals surface area contributed by atoms with Crippen molar-refractivity contribution in [3.05, 3.63) is 18.2 Å². The molecule has 1 heterocycles. The molecule has 78 valence electrons. The monoisotopic (exact) mass is 197 g/mol. The van der Waals surface area contributed by atoms with Crippen molar-refractivity contribution in [2.75, 3.05) is 0 Å². The maximum absolute atomic E-state index is 11.4. The summed E-state index contributed by atoms with van der Waals surface area (Å²) in [5.74, 6) is -0.333. The molecule has 0 spiro atoms. The molecule has 5 nitrogen and oxygen atoms in total. The zero-order valence-electron chi connectivity index (χ0n) is 8.87. The number of amides is 1. The highest BCUT2D eigenvalue weighted by Crippen LogP contribution is 2.04. The van der Waals surface area contributed by atoms with Crippen molar-refractivity contribution < 1.29 is 9.63 Å². The lowest BCUT2D eigenvalue weighted by atomic mass is 10.2. The molecule has 1 N–H and O–H groups in total. The first-order valence-electron chi connectivity index (χ1n) is 4.35. The highest BCUT2D eigenvalue weighted by molar-refractivity contribution is 5.91. The smallest absolute Gasteiger partial charge is 0.295 e. The van der Waals surface area contributed by atoms with Gasteiger partial charge in [0.15, 0.2) is 0 Å². The van der Waals surface area contributed by atoms with Gasteiger partial charge in [-0.05, 0) is 20.8 Å². The zero-order chi connectivity index (χ0) is 10.8. The molecule has 0 radical (unpaired) electrons. The topological polar surface area (TPSA) is 56.2 Å². The molecule has 0 saturated heterocycles. The Morgan fingerprint density at radius 1 is 1.57 bits per heavy atom. The van der Waals surface area contributed by atoms with Crippen LogP contribution >= 0.6 is 0 Å². The Morgan fingerprint density at radius 2 is 2.21 bits per heavy atom. The van der Waals surface area contributed by atoms with Crippen LogP contribution in [0.5, 0.6) is 0 Å². The van der Waals surface area contributed by atoms with Crippen LogP contribution < -0.4 is 5.48 Å². The molecule has 1 aromatic heterocycles. The van der Waals surface area contributed by atoms with E-state index in [1.54, 1.807) is 24.1 Å². The molecule has 1 aromatic rings. The normalized spacial score (nSPS) is 11.4. The first-order valence-corrected chi connectivity index (χ1v) is 4.35. The largest absolute Gasteiger partial charge is 0.340 e. The lowest BCUT2D eigenvalue weighted by Crippen LogP contribution is -2.33. The van der Waals surface area contributed by atoms with Crippen molar-refractivity contribution >= 4 is 5.91 Å². The molecule has 14 heavy (non-hydrogen) atoms. The summed E-state index contributed by atoms with van der Waals surface area (Å²) in [6.45, 7) is 5.56. The fraction of sp³-hybridized carbons (Fsp3) is 0.556. The van der Waals surface area contributed by atoms with Gasteiger partial charge in [-0.25, -0.2) is 10.5 Å². The van der Waals surface area contributed by atoms with Crippen LogP contribution in [0.3, 0.4) is 0 Å². The van der Waals surface area contributed by atoms with Crippen LogP contribution in [-0.2, 0) is 11.9 Å². The van der Waals surface area contributed by atoms with Crippen molar-refractivity contribution in [1.82, 2.24) is 15.0 Å². The average molecular weight is 197 g/mol. The van der Waals surface area contributed by atoms with Crippen molar-refractivity contribution in [1.29, 1.82) is 0 Å². The molecule has 0 aliphatic heterocycles. The number of nitrogens with zero attached hydrogens (tertiary/aromatic N) is 2. The number of rotatable bonds is 2. The average Bonchev–Trinajstić information content (AvgIpc) is 2.46. The standard InChI is InChI=1S/C9H15N3O2/c1-9(2,3)14-11-8(13)7-5-12(4)6-10-7/h5-6H,1-4H3,(H,11,13). The van der Waals surface area contributed by atoms with Gasteiger partial charge in [-0.2, -0.15) is 0 Å². The van der Waals surface area contributed by atoms with Crippen molar-refractivity contribution in [3.8, 4) is 0 Å². The molecule has 0 atom stereocenters. The number of hydrogen-bond acceptors (Lipinski definition) is 3. The van der Waals surface area contributed by atoms with E-state index < -0.39 is 5.60 Å². The number of carbonyl (C=O) groups excluding carboxylic acids is 1. The second-order valence-corrected chi connectivity index (χ2v) is 4.07. The minimum atomic E-state index is -0.398. The van der Waals surface area contributed by atoms with Gasteiger partial charge in [-0.1, -0.05) is 0 Å². The number of hydroxylamine groups is 1. The predicted molar refractivity (Wildman–Crippen MR) is 51.5 cm³/mol. The van der Waals surface area contributed by atoms with Crippen LogP contribution in [0.1, 0.15) is 31.3 Å². The van der Waals surface area contributed by atoms with Crippen LogP contribution in [0.15, 0.2) is 12.5 Å². The summed E-state index contributed by atoms with van der Waals surface area (Å²) >= 11 is 0. The summed E-state index contributed by atoms with van der Waals surface area (Å²) in [6.07, 6.45) is 3.19. The molecule has 1 rings (SSSR count). The molecular weight excluding hydrogens is 182 g/mol. The number of carbonyl (C=O) groups is 1. The quantitative estimate of drug-likeness (QED) is 0.716. The second kappa shape index (κ2) is 3.79. The van der Waals surface area contributed by atoms with Crippen molar-refractivity contribution in [2.45, 2.75) is 26.4 Å². The lowest BCUT2D eigenvalue weighted by molar-refractivity contribution is -0.0591. The van der Waals surface area contributed by atoms with E-state index in [9.17, 15) is 4.79 Å². The summed E-state index contributed by atoms with van der Waals surface area (Å²) in [5, 5.41) is 0. The van der Waals surface area contributed by atoms with Crippen LogP contribution in [0.2, 0.25) is 0 Å². The molecule has 1 amide bonds. The van der Waals surface area contributed by atoms with Crippen LogP contribution in [0.4, 0.5) is 0 Å². The summed E-state index contributed by atoms with van der Waals surface area (Å²) < 4.78 is 1.70. The van der Waals surface area contributed by atoms with E-state index in [-0.39, 0.29) is 5.91 Å². The molecule has 0 aromatic carbocycles. The van der Waals surface area contributed by atoms with E-state index in [2.05, 4.69) is 10.5 Å². The highest BCUT2D eigenvalue weighted by atomic mass is 16.7. The lowest BCUT2D eigenvalue weighted by Gasteiger charge is -2.18. The van der Waals surface area contributed by atoms with Gasteiger partial charge in [0.25, 0.3) is 5.91 Å². The van der Waals surface area contributed by atoms with Gasteiger partial charge in [-0.15, -0.1) is 0 Å².